The summed E-state index contributed by atoms with van der Waals surface area (Å²) in [7, 11) is 0. The molecule has 1 amide bonds. The SMILES string of the molecule is C=Cc1ccc(CN2C(=O)c3ccccc3Sc3ccc(C(=O)OC[C@H]4CCCO4)cc32)cc1. The molecule has 1 atom stereocenters. The number of hydrogen-bond acceptors (Lipinski definition) is 5. The Labute approximate surface area is 203 Å². The summed E-state index contributed by atoms with van der Waals surface area (Å²) in [6.45, 7) is 5.14. The molecule has 6 heteroatoms. The lowest BCUT2D eigenvalue weighted by molar-refractivity contribution is 0.0161. The quantitative estimate of drug-likeness (QED) is 0.414. The van der Waals surface area contributed by atoms with Crippen LogP contribution >= 0.6 is 11.8 Å². The zero-order chi connectivity index (χ0) is 23.5. The van der Waals surface area contributed by atoms with Gasteiger partial charge in [-0.25, -0.2) is 4.79 Å². The third kappa shape index (κ3) is 4.65. The highest BCUT2D eigenvalue weighted by Gasteiger charge is 2.28. The second-order valence-electron chi connectivity index (χ2n) is 8.35. The Kier molecular flexibility index (Phi) is 6.52. The number of fused-ring (bicyclic) bond motifs is 2. The van der Waals surface area contributed by atoms with Crippen LogP contribution in [-0.2, 0) is 16.0 Å². The van der Waals surface area contributed by atoms with Gasteiger partial charge in [-0.3, -0.25) is 4.79 Å². The summed E-state index contributed by atoms with van der Waals surface area (Å²) >= 11 is 1.53. The van der Waals surface area contributed by atoms with Crippen LogP contribution in [0.15, 0.2) is 83.1 Å². The van der Waals surface area contributed by atoms with E-state index in [0.29, 0.717) is 30.0 Å². The van der Waals surface area contributed by atoms with Gasteiger partial charge in [0.1, 0.15) is 6.61 Å². The van der Waals surface area contributed by atoms with Gasteiger partial charge in [0.05, 0.1) is 29.5 Å². The summed E-state index contributed by atoms with van der Waals surface area (Å²) in [5.41, 5.74) is 3.77. The smallest absolute Gasteiger partial charge is 0.338 e. The number of nitrogens with zero attached hydrogens (tertiary/aromatic N) is 1. The molecule has 1 fully saturated rings. The van der Waals surface area contributed by atoms with Crippen molar-refractivity contribution in [2.24, 2.45) is 0 Å². The van der Waals surface area contributed by atoms with Crippen molar-refractivity contribution >= 4 is 35.4 Å². The van der Waals surface area contributed by atoms with E-state index in [1.165, 1.54) is 11.8 Å². The first kappa shape index (κ1) is 22.4. The van der Waals surface area contributed by atoms with Crippen LogP contribution in [0.1, 0.15) is 44.7 Å². The molecule has 172 valence electrons. The predicted octanol–water partition coefficient (Wildman–Crippen LogP) is 5.98. The highest BCUT2D eigenvalue weighted by Crippen LogP contribution is 2.42. The molecule has 0 saturated carbocycles. The summed E-state index contributed by atoms with van der Waals surface area (Å²) in [6, 6.07) is 21.0. The van der Waals surface area contributed by atoms with E-state index in [1.807, 2.05) is 54.6 Å². The van der Waals surface area contributed by atoms with Gasteiger partial charge in [-0.2, -0.15) is 0 Å². The lowest BCUT2D eigenvalue weighted by Gasteiger charge is -2.24. The minimum atomic E-state index is -0.409. The van der Waals surface area contributed by atoms with E-state index >= 15 is 0 Å². The van der Waals surface area contributed by atoms with E-state index in [-0.39, 0.29) is 18.6 Å². The Morgan fingerprint density at radius 3 is 2.71 bits per heavy atom. The maximum Gasteiger partial charge on any atom is 0.338 e. The van der Waals surface area contributed by atoms with Crippen molar-refractivity contribution in [2.75, 3.05) is 18.1 Å². The van der Waals surface area contributed by atoms with Gasteiger partial charge in [-0.05, 0) is 54.3 Å². The fraction of sp³-hybridized carbons (Fsp3) is 0.214. The Morgan fingerprint density at radius 2 is 1.94 bits per heavy atom. The number of benzene rings is 3. The number of esters is 1. The fourth-order valence-electron chi connectivity index (χ4n) is 4.17. The monoisotopic (exact) mass is 471 g/mol. The Bertz CT molecular complexity index is 1230. The highest BCUT2D eigenvalue weighted by atomic mass is 32.2. The number of anilines is 1. The topological polar surface area (TPSA) is 55.8 Å². The van der Waals surface area contributed by atoms with Crippen molar-refractivity contribution in [2.45, 2.75) is 35.3 Å². The van der Waals surface area contributed by atoms with Crippen LogP contribution in [0.25, 0.3) is 6.08 Å². The molecule has 0 aromatic heterocycles. The summed E-state index contributed by atoms with van der Waals surface area (Å²) in [5.74, 6) is -0.507. The third-order valence-electron chi connectivity index (χ3n) is 6.05. The van der Waals surface area contributed by atoms with Crippen molar-refractivity contribution in [1.29, 1.82) is 0 Å². The van der Waals surface area contributed by atoms with Crippen LogP contribution in [0.4, 0.5) is 5.69 Å². The van der Waals surface area contributed by atoms with E-state index in [1.54, 1.807) is 23.1 Å². The third-order valence-corrected chi connectivity index (χ3v) is 7.19. The van der Waals surface area contributed by atoms with Crippen molar-refractivity contribution in [3.8, 4) is 0 Å². The summed E-state index contributed by atoms with van der Waals surface area (Å²) in [4.78, 5) is 30.0. The molecule has 0 aliphatic carbocycles. The number of carbonyl (C=O) groups excluding carboxylic acids is 2. The molecule has 0 spiro atoms. The fourth-order valence-corrected chi connectivity index (χ4v) is 5.23. The van der Waals surface area contributed by atoms with Crippen molar-refractivity contribution in [1.82, 2.24) is 0 Å². The van der Waals surface area contributed by atoms with Crippen LogP contribution in [-0.4, -0.2) is 31.2 Å². The molecule has 2 aliphatic rings. The second kappa shape index (κ2) is 9.87. The van der Waals surface area contributed by atoms with Gasteiger partial charge in [0.25, 0.3) is 5.91 Å². The second-order valence-corrected chi connectivity index (χ2v) is 9.43. The molecule has 0 radical (unpaired) electrons. The van der Waals surface area contributed by atoms with Crippen molar-refractivity contribution in [3.63, 3.8) is 0 Å². The van der Waals surface area contributed by atoms with E-state index in [0.717, 1.165) is 33.8 Å². The van der Waals surface area contributed by atoms with E-state index in [4.69, 9.17) is 9.47 Å². The molecule has 0 unspecified atom stereocenters. The van der Waals surface area contributed by atoms with Gasteiger partial charge in [-0.15, -0.1) is 0 Å². The van der Waals surface area contributed by atoms with E-state index in [9.17, 15) is 9.59 Å². The first-order chi connectivity index (χ1) is 16.6. The molecule has 1 saturated heterocycles. The Morgan fingerprint density at radius 1 is 1.12 bits per heavy atom. The molecule has 0 N–H and O–H groups in total. The first-order valence-corrected chi connectivity index (χ1v) is 12.2. The summed E-state index contributed by atoms with van der Waals surface area (Å²) in [5, 5.41) is 0. The maximum atomic E-state index is 13.7. The molecule has 34 heavy (non-hydrogen) atoms. The van der Waals surface area contributed by atoms with Crippen LogP contribution in [0.5, 0.6) is 0 Å². The van der Waals surface area contributed by atoms with Crippen LogP contribution in [0, 0.1) is 0 Å². The first-order valence-electron chi connectivity index (χ1n) is 11.4. The van der Waals surface area contributed by atoms with E-state index in [2.05, 4.69) is 6.58 Å². The normalized spacial score (nSPS) is 17.0. The van der Waals surface area contributed by atoms with Gasteiger partial charge in [0.2, 0.25) is 0 Å². The van der Waals surface area contributed by atoms with Crippen LogP contribution in [0.2, 0.25) is 0 Å². The molecular weight excluding hydrogens is 446 g/mol. The molecule has 0 bridgehead atoms. The van der Waals surface area contributed by atoms with E-state index < -0.39 is 5.97 Å². The predicted molar refractivity (Wildman–Crippen MR) is 133 cm³/mol. The van der Waals surface area contributed by atoms with Crippen molar-refractivity contribution < 1.29 is 19.1 Å². The average Bonchev–Trinajstić information content (AvgIpc) is 3.37. The number of ether oxygens (including phenoxy) is 2. The number of rotatable bonds is 6. The molecule has 3 aromatic rings. The zero-order valence-electron chi connectivity index (χ0n) is 18.7. The standard InChI is InChI=1S/C28H25NO4S/c1-2-19-9-11-20(12-10-19)17-29-24-16-21(28(31)33-18-22-6-5-15-32-22)13-14-26(24)34-25-8-4-3-7-23(25)27(29)30/h2-4,7-14,16,22H,1,5-6,15,17-18H2/t22-/m1/s1. The Hall–Kier alpha value is -3.35. The highest BCUT2D eigenvalue weighted by molar-refractivity contribution is 7.99. The van der Waals surface area contributed by atoms with Crippen molar-refractivity contribution in [3.05, 3.63) is 95.6 Å². The van der Waals surface area contributed by atoms with Gasteiger partial charge in [0.15, 0.2) is 0 Å². The minimum Gasteiger partial charge on any atom is -0.459 e. The number of amides is 1. The maximum absolute atomic E-state index is 13.7. The van der Waals surface area contributed by atoms with Crippen LogP contribution in [0.3, 0.4) is 0 Å². The summed E-state index contributed by atoms with van der Waals surface area (Å²) < 4.78 is 11.1. The number of carbonyl (C=O) groups is 2. The summed E-state index contributed by atoms with van der Waals surface area (Å²) in [6.07, 6.45) is 3.65. The minimum absolute atomic E-state index is 0.0357. The Balaban J connectivity index is 1.48. The molecule has 5 rings (SSSR count). The lowest BCUT2D eigenvalue weighted by Crippen LogP contribution is -2.30. The number of hydrogen-bond donors (Lipinski definition) is 0. The molecule has 5 nitrogen and oxygen atoms in total. The molecule has 2 heterocycles. The zero-order valence-corrected chi connectivity index (χ0v) is 19.6. The van der Waals surface area contributed by atoms with Gasteiger partial charge < -0.3 is 14.4 Å². The van der Waals surface area contributed by atoms with Gasteiger partial charge in [0, 0.05) is 16.4 Å². The average molecular weight is 472 g/mol. The van der Waals surface area contributed by atoms with Gasteiger partial charge >= 0.3 is 5.97 Å². The largest absolute Gasteiger partial charge is 0.459 e. The molecule has 2 aliphatic heterocycles. The lowest BCUT2D eigenvalue weighted by atomic mass is 10.1. The molecule has 3 aromatic carbocycles. The van der Waals surface area contributed by atoms with Crippen LogP contribution < -0.4 is 4.90 Å². The van der Waals surface area contributed by atoms with Gasteiger partial charge in [-0.1, -0.05) is 60.8 Å². The molecular formula is C28H25NO4S.